The molecule has 0 aliphatic heterocycles. The first kappa shape index (κ1) is 11.8. The fourth-order valence-corrected chi connectivity index (χ4v) is 1.79. The van der Waals surface area contributed by atoms with Crippen LogP contribution in [0.5, 0.6) is 0 Å². The Bertz CT molecular complexity index is 524. The number of aromatic nitrogens is 2. The minimum atomic E-state index is 0.109. The van der Waals surface area contributed by atoms with Gasteiger partial charge in [-0.2, -0.15) is 0 Å². The Labute approximate surface area is 103 Å². The zero-order valence-corrected chi connectivity index (χ0v) is 10.9. The summed E-state index contributed by atoms with van der Waals surface area (Å²) < 4.78 is 2.23. The third kappa shape index (κ3) is 2.70. The molecule has 0 saturated heterocycles. The van der Waals surface area contributed by atoms with Crippen molar-refractivity contribution in [3.8, 4) is 11.1 Å². The molecular formula is C15H19N2+. The van der Waals surface area contributed by atoms with E-state index in [4.69, 9.17) is 0 Å². The van der Waals surface area contributed by atoms with Crippen LogP contribution in [0.15, 0.2) is 42.9 Å². The Balaban J connectivity index is 2.47. The highest BCUT2D eigenvalue weighted by Crippen LogP contribution is 2.18. The highest BCUT2D eigenvalue weighted by molar-refractivity contribution is 5.61. The van der Waals surface area contributed by atoms with Crippen molar-refractivity contribution in [2.75, 3.05) is 0 Å². The summed E-state index contributed by atoms with van der Waals surface area (Å²) >= 11 is 0. The van der Waals surface area contributed by atoms with E-state index in [1.165, 1.54) is 11.1 Å². The highest BCUT2D eigenvalue weighted by atomic mass is 15.0. The summed E-state index contributed by atoms with van der Waals surface area (Å²) in [4.78, 5) is 4.23. The first-order chi connectivity index (χ1) is 7.97. The predicted molar refractivity (Wildman–Crippen MR) is 69.6 cm³/mol. The van der Waals surface area contributed by atoms with Crippen molar-refractivity contribution in [2.24, 2.45) is 0 Å². The lowest BCUT2D eigenvalue weighted by molar-refractivity contribution is -0.753. The van der Waals surface area contributed by atoms with E-state index in [2.05, 4.69) is 67.0 Å². The molecule has 2 rings (SSSR count). The summed E-state index contributed by atoms with van der Waals surface area (Å²) in [7, 11) is 0. The highest BCUT2D eigenvalue weighted by Gasteiger charge is 2.21. The minimum Gasteiger partial charge on any atom is -0.262 e. The molecule has 0 amide bonds. The Kier molecular flexibility index (Phi) is 2.97. The molecular weight excluding hydrogens is 208 g/mol. The first-order valence-corrected chi connectivity index (χ1v) is 5.92. The van der Waals surface area contributed by atoms with Crippen molar-refractivity contribution in [3.63, 3.8) is 0 Å². The van der Waals surface area contributed by atoms with Gasteiger partial charge in [0.2, 0.25) is 0 Å². The summed E-state index contributed by atoms with van der Waals surface area (Å²) in [6.07, 6.45) is 6.16. The fourth-order valence-electron chi connectivity index (χ4n) is 1.79. The summed E-state index contributed by atoms with van der Waals surface area (Å²) in [5.41, 5.74) is 3.61. The smallest absolute Gasteiger partial charge is 0.177 e. The Hall–Kier alpha value is -1.70. The first-order valence-electron chi connectivity index (χ1n) is 5.92. The SMILES string of the molecule is Cc1cc(-c2ccc[n+](C(C)(C)C)c2)ccn1. The van der Waals surface area contributed by atoms with Gasteiger partial charge in [-0.15, -0.1) is 0 Å². The van der Waals surface area contributed by atoms with Crippen LogP contribution < -0.4 is 4.57 Å². The molecule has 88 valence electrons. The zero-order chi connectivity index (χ0) is 12.5. The van der Waals surface area contributed by atoms with Gasteiger partial charge < -0.3 is 0 Å². The molecule has 0 fully saturated rings. The number of rotatable bonds is 1. The number of nitrogens with zero attached hydrogens (tertiary/aromatic N) is 2. The standard InChI is InChI=1S/C15H19N2/c1-12-10-13(7-8-16-12)14-6-5-9-17(11-14)15(2,3)4/h5-11H,1-4H3/q+1. The summed E-state index contributed by atoms with van der Waals surface area (Å²) in [5.74, 6) is 0. The van der Waals surface area contributed by atoms with E-state index < -0.39 is 0 Å². The van der Waals surface area contributed by atoms with Crippen LogP contribution in [0.25, 0.3) is 11.1 Å². The summed E-state index contributed by atoms with van der Waals surface area (Å²) in [5, 5.41) is 0. The summed E-state index contributed by atoms with van der Waals surface area (Å²) in [6, 6.07) is 8.39. The van der Waals surface area contributed by atoms with Crippen LogP contribution in [-0.4, -0.2) is 4.98 Å². The molecule has 2 aromatic heterocycles. The quantitative estimate of drug-likeness (QED) is 0.684. The molecule has 2 nitrogen and oxygen atoms in total. The molecule has 0 atom stereocenters. The van der Waals surface area contributed by atoms with Crippen molar-refractivity contribution in [1.82, 2.24) is 4.98 Å². The molecule has 2 heterocycles. The topological polar surface area (TPSA) is 16.8 Å². The Morgan fingerprint density at radius 1 is 1.12 bits per heavy atom. The molecule has 17 heavy (non-hydrogen) atoms. The molecule has 0 unspecified atom stereocenters. The predicted octanol–water partition coefficient (Wildman–Crippen LogP) is 3.10. The molecule has 2 aromatic rings. The van der Waals surface area contributed by atoms with Crippen molar-refractivity contribution in [3.05, 3.63) is 48.5 Å². The second-order valence-electron chi connectivity index (χ2n) is 5.36. The largest absolute Gasteiger partial charge is 0.262 e. The minimum absolute atomic E-state index is 0.109. The molecule has 0 radical (unpaired) electrons. The van der Waals surface area contributed by atoms with Crippen LogP contribution in [0, 0.1) is 6.92 Å². The average Bonchev–Trinajstić information content (AvgIpc) is 2.28. The maximum absolute atomic E-state index is 4.23. The van der Waals surface area contributed by atoms with Gasteiger partial charge >= 0.3 is 0 Å². The van der Waals surface area contributed by atoms with E-state index in [1.807, 2.05) is 13.1 Å². The van der Waals surface area contributed by atoms with Crippen LogP contribution in [-0.2, 0) is 5.54 Å². The zero-order valence-electron chi connectivity index (χ0n) is 10.9. The molecule has 0 N–H and O–H groups in total. The van der Waals surface area contributed by atoms with Crippen LogP contribution >= 0.6 is 0 Å². The van der Waals surface area contributed by atoms with Gasteiger partial charge in [-0.1, -0.05) is 0 Å². The number of hydrogen-bond acceptors (Lipinski definition) is 1. The molecule has 0 bridgehead atoms. The average molecular weight is 227 g/mol. The van der Waals surface area contributed by atoms with Crippen molar-refractivity contribution in [2.45, 2.75) is 33.2 Å². The lowest BCUT2D eigenvalue weighted by Crippen LogP contribution is -2.49. The van der Waals surface area contributed by atoms with Crippen LogP contribution in [0.3, 0.4) is 0 Å². The van der Waals surface area contributed by atoms with Gasteiger partial charge in [0, 0.05) is 44.3 Å². The van der Waals surface area contributed by atoms with Crippen molar-refractivity contribution < 1.29 is 4.57 Å². The van der Waals surface area contributed by atoms with Gasteiger partial charge in [-0.3, -0.25) is 4.98 Å². The van der Waals surface area contributed by atoms with Gasteiger partial charge in [0.1, 0.15) is 0 Å². The van der Waals surface area contributed by atoms with E-state index in [0.717, 1.165) is 5.69 Å². The maximum Gasteiger partial charge on any atom is 0.177 e. The monoisotopic (exact) mass is 227 g/mol. The number of aryl methyl sites for hydroxylation is 1. The molecule has 0 aliphatic rings. The van der Waals surface area contributed by atoms with E-state index in [1.54, 1.807) is 0 Å². The van der Waals surface area contributed by atoms with Gasteiger partial charge in [-0.05, 0) is 30.7 Å². The second-order valence-corrected chi connectivity index (χ2v) is 5.36. The van der Waals surface area contributed by atoms with E-state index in [-0.39, 0.29) is 5.54 Å². The second kappa shape index (κ2) is 4.28. The Morgan fingerprint density at radius 2 is 1.88 bits per heavy atom. The number of pyridine rings is 2. The van der Waals surface area contributed by atoms with Crippen LogP contribution in [0.1, 0.15) is 26.5 Å². The van der Waals surface area contributed by atoms with Gasteiger partial charge in [0.05, 0.1) is 0 Å². The maximum atomic E-state index is 4.23. The van der Waals surface area contributed by atoms with Gasteiger partial charge in [-0.25, -0.2) is 4.57 Å². The molecule has 2 heteroatoms. The normalized spacial score (nSPS) is 11.5. The summed E-state index contributed by atoms with van der Waals surface area (Å²) in [6.45, 7) is 8.63. The van der Waals surface area contributed by atoms with Crippen molar-refractivity contribution >= 4 is 0 Å². The van der Waals surface area contributed by atoms with Crippen LogP contribution in [0.4, 0.5) is 0 Å². The molecule has 0 aliphatic carbocycles. The van der Waals surface area contributed by atoms with Gasteiger partial charge in [0.15, 0.2) is 17.9 Å². The number of hydrogen-bond donors (Lipinski definition) is 0. The van der Waals surface area contributed by atoms with Crippen LogP contribution in [0.2, 0.25) is 0 Å². The molecule has 0 spiro atoms. The lowest BCUT2D eigenvalue weighted by Gasteiger charge is -2.13. The van der Waals surface area contributed by atoms with E-state index in [9.17, 15) is 0 Å². The third-order valence-electron chi connectivity index (χ3n) is 2.81. The van der Waals surface area contributed by atoms with E-state index in [0.29, 0.717) is 0 Å². The molecule has 0 aromatic carbocycles. The fraction of sp³-hybridized carbons (Fsp3) is 0.333. The molecule has 0 saturated carbocycles. The Morgan fingerprint density at radius 3 is 2.53 bits per heavy atom. The van der Waals surface area contributed by atoms with E-state index >= 15 is 0 Å². The van der Waals surface area contributed by atoms with Crippen molar-refractivity contribution in [1.29, 1.82) is 0 Å². The van der Waals surface area contributed by atoms with Gasteiger partial charge in [0.25, 0.3) is 0 Å². The third-order valence-corrected chi connectivity index (χ3v) is 2.81. The lowest BCUT2D eigenvalue weighted by atomic mass is 10.1.